The summed E-state index contributed by atoms with van der Waals surface area (Å²) < 4.78 is 0. The minimum atomic E-state index is -0.889. The Balaban J connectivity index is 1.63. The standard InChI is InChI=1S/C17H22N4O4/c22-14-9-13(20-17(25)19-8-2-4-15(23)24)16(21(14)12-5-6-12)11-3-1-7-18-10-11/h1,3,7,10,12-13,16H,2,4-6,8-9H2,(H,23,24)(H2,19,20,25)/t13-,16+/m1/s1. The number of carbonyl (C=O) groups excluding carboxylic acids is 2. The van der Waals surface area contributed by atoms with E-state index in [0.717, 1.165) is 18.4 Å². The number of hydrogen-bond acceptors (Lipinski definition) is 4. The van der Waals surface area contributed by atoms with Gasteiger partial charge < -0.3 is 20.6 Å². The molecule has 1 aromatic rings. The lowest BCUT2D eigenvalue weighted by molar-refractivity contribution is -0.137. The van der Waals surface area contributed by atoms with Crippen molar-refractivity contribution < 1.29 is 19.5 Å². The molecule has 0 spiro atoms. The summed E-state index contributed by atoms with van der Waals surface area (Å²) in [6.07, 6.45) is 6.05. The molecule has 25 heavy (non-hydrogen) atoms. The first-order valence-electron chi connectivity index (χ1n) is 8.53. The number of carbonyl (C=O) groups is 3. The third kappa shape index (κ3) is 4.26. The number of aromatic nitrogens is 1. The number of rotatable bonds is 7. The first kappa shape index (κ1) is 17.2. The van der Waals surface area contributed by atoms with Crippen LogP contribution in [-0.2, 0) is 9.59 Å². The van der Waals surface area contributed by atoms with Crippen molar-refractivity contribution in [3.63, 3.8) is 0 Å². The Bertz CT molecular complexity index is 647. The average Bonchev–Trinajstić information content (AvgIpc) is 3.36. The minimum absolute atomic E-state index is 0.00988. The van der Waals surface area contributed by atoms with Gasteiger partial charge in [-0.2, -0.15) is 0 Å². The maximum Gasteiger partial charge on any atom is 0.315 e. The number of aliphatic carboxylic acids is 1. The zero-order valence-electron chi connectivity index (χ0n) is 13.9. The highest BCUT2D eigenvalue weighted by atomic mass is 16.4. The molecule has 2 aliphatic rings. The van der Waals surface area contributed by atoms with Gasteiger partial charge in [-0.1, -0.05) is 6.07 Å². The van der Waals surface area contributed by atoms with E-state index in [-0.39, 0.29) is 49.5 Å². The predicted octanol–water partition coefficient (Wildman–Crippen LogP) is 1.05. The van der Waals surface area contributed by atoms with Crippen LogP contribution in [0.4, 0.5) is 4.79 Å². The van der Waals surface area contributed by atoms with E-state index in [1.807, 2.05) is 17.0 Å². The van der Waals surface area contributed by atoms with E-state index in [1.54, 1.807) is 12.4 Å². The summed E-state index contributed by atoms with van der Waals surface area (Å²) in [6, 6.07) is 3.09. The normalized spacial score (nSPS) is 22.7. The summed E-state index contributed by atoms with van der Waals surface area (Å²) >= 11 is 0. The second-order valence-corrected chi connectivity index (χ2v) is 6.47. The molecule has 3 rings (SSSR count). The van der Waals surface area contributed by atoms with Gasteiger partial charge in [0.15, 0.2) is 0 Å². The van der Waals surface area contributed by atoms with Gasteiger partial charge in [0.05, 0.1) is 12.1 Å². The average molecular weight is 346 g/mol. The number of pyridine rings is 1. The molecule has 1 aromatic heterocycles. The molecule has 8 nitrogen and oxygen atoms in total. The Hall–Kier alpha value is -2.64. The van der Waals surface area contributed by atoms with E-state index in [4.69, 9.17) is 5.11 Å². The number of nitrogens with one attached hydrogen (secondary N) is 2. The monoisotopic (exact) mass is 346 g/mol. The number of carboxylic acid groups (broad SMARTS) is 1. The SMILES string of the molecule is O=C(O)CCCNC(=O)N[C@@H]1CC(=O)N(C2CC2)[C@H]1c1cccnc1. The zero-order valence-corrected chi connectivity index (χ0v) is 13.9. The van der Waals surface area contributed by atoms with E-state index >= 15 is 0 Å². The van der Waals surface area contributed by atoms with Gasteiger partial charge in [-0.25, -0.2) is 4.79 Å². The summed E-state index contributed by atoms with van der Waals surface area (Å²) in [5.74, 6) is -0.840. The number of amides is 3. The lowest BCUT2D eigenvalue weighted by atomic mass is 10.0. The van der Waals surface area contributed by atoms with Crippen LogP contribution in [0.15, 0.2) is 24.5 Å². The van der Waals surface area contributed by atoms with Crippen LogP contribution in [0.3, 0.4) is 0 Å². The van der Waals surface area contributed by atoms with Crippen LogP contribution in [0.1, 0.15) is 43.7 Å². The second kappa shape index (κ2) is 7.50. The lowest BCUT2D eigenvalue weighted by Gasteiger charge is -2.28. The van der Waals surface area contributed by atoms with Crippen molar-refractivity contribution in [2.75, 3.05) is 6.54 Å². The molecule has 1 aliphatic carbocycles. The quantitative estimate of drug-likeness (QED) is 0.639. The maximum atomic E-state index is 12.4. The van der Waals surface area contributed by atoms with Crippen molar-refractivity contribution >= 4 is 17.9 Å². The van der Waals surface area contributed by atoms with Crippen molar-refractivity contribution in [3.05, 3.63) is 30.1 Å². The highest BCUT2D eigenvalue weighted by Gasteiger charge is 2.47. The Kier molecular flexibility index (Phi) is 5.16. The molecular formula is C17H22N4O4. The summed E-state index contributed by atoms with van der Waals surface area (Å²) in [7, 11) is 0. The molecule has 0 unspecified atom stereocenters. The zero-order chi connectivity index (χ0) is 17.8. The second-order valence-electron chi connectivity index (χ2n) is 6.47. The van der Waals surface area contributed by atoms with Gasteiger partial charge in [0.1, 0.15) is 0 Å². The van der Waals surface area contributed by atoms with Crippen molar-refractivity contribution in [1.29, 1.82) is 0 Å². The molecule has 2 fully saturated rings. The molecule has 0 aromatic carbocycles. The fraction of sp³-hybridized carbons (Fsp3) is 0.529. The number of carboxylic acids is 1. The summed E-state index contributed by atoms with van der Waals surface area (Å²) in [4.78, 5) is 41.0. The van der Waals surface area contributed by atoms with Crippen LogP contribution in [0.25, 0.3) is 0 Å². The van der Waals surface area contributed by atoms with Gasteiger partial charge in [-0.15, -0.1) is 0 Å². The summed E-state index contributed by atoms with van der Waals surface area (Å²) in [6.45, 7) is 0.280. The van der Waals surface area contributed by atoms with E-state index in [1.165, 1.54) is 0 Å². The lowest BCUT2D eigenvalue weighted by Crippen LogP contribution is -2.45. The van der Waals surface area contributed by atoms with Gasteiger partial charge in [0, 0.05) is 37.8 Å². The Morgan fingerprint density at radius 2 is 2.16 bits per heavy atom. The molecule has 8 heteroatoms. The fourth-order valence-electron chi connectivity index (χ4n) is 3.27. The number of likely N-dealkylation sites (tertiary alicyclic amines) is 1. The van der Waals surface area contributed by atoms with Crippen LogP contribution in [0.5, 0.6) is 0 Å². The predicted molar refractivity (Wildman–Crippen MR) is 88.7 cm³/mol. The molecular weight excluding hydrogens is 324 g/mol. The van der Waals surface area contributed by atoms with E-state index < -0.39 is 5.97 Å². The van der Waals surface area contributed by atoms with Gasteiger partial charge in [-0.05, 0) is 30.9 Å². The molecule has 2 atom stereocenters. The Morgan fingerprint density at radius 1 is 1.36 bits per heavy atom. The van der Waals surface area contributed by atoms with Crippen molar-refractivity contribution in [2.45, 2.75) is 50.2 Å². The van der Waals surface area contributed by atoms with Gasteiger partial charge in [-0.3, -0.25) is 14.6 Å². The number of urea groups is 1. The molecule has 3 amide bonds. The number of hydrogen-bond donors (Lipinski definition) is 3. The van der Waals surface area contributed by atoms with Crippen LogP contribution in [0.2, 0.25) is 0 Å². The summed E-state index contributed by atoms with van der Waals surface area (Å²) in [5, 5.41) is 14.1. The van der Waals surface area contributed by atoms with E-state index in [0.29, 0.717) is 6.42 Å². The molecule has 1 saturated carbocycles. The van der Waals surface area contributed by atoms with Crippen LogP contribution < -0.4 is 10.6 Å². The van der Waals surface area contributed by atoms with Gasteiger partial charge in [0.25, 0.3) is 0 Å². The number of nitrogens with zero attached hydrogens (tertiary/aromatic N) is 2. The molecule has 134 valence electrons. The highest BCUT2D eigenvalue weighted by Crippen LogP contribution is 2.41. The largest absolute Gasteiger partial charge is 0.481 e. The van der Waals surface area contributed by atoms with Crippen LogP contribution >= 0.6 is 0 Å². The fourth-order valence-corrected chi connectivity index (χ4v) is 3.27. The van der Waals surface area contributed by atoms with Crippen molar-refractivity contribution in [3.8, 4) is 0 Å². The third-order valence-electron chi connectivity index (χ3n) is 4.50. The Labute approximate surface area is 145 Å². The van der Waals surface area contributed by atoms with E-state index in [9.17, 15) is 14.4 Å². The molecule has 3 N–H and O–H groups in total. The van der Waals surface area contributed by atoms with Crippen molar-refractivity contribution in [2.24, 2.45) is 0 Å². The topological polar surface area (TPSA) is 112 Å². The molecule has 0 bridgehead atoms. The first-order valence-corrected chi connectivity index (χ1v) is 8.53. The maximum absolute atomic E-state index is 12.4. The van der Waals surface area contributed by atoms with Gasteiger partial charge >= 0.3 is 12.0 Å². The molecule has 1 saturated heterocycles. The van der Waals surface area contributed by atoms with Crippen LogP contribution in [-0.4, -0.2) is 51.5 Å². The van der Waals surface area contributed by atoms with Gasteiger partial charge in [0.2, 0.25) is 5.91 Å². The minimum Gasteiger partial charge on any atom is -0.481 e. The smallest absolute Gasteiger partial charge is 0.315 e. The van der Waals surface area contributed by atoms with Crippen molar-refractivity contribution in [1.82, 2.24) is 20.5 Å². The first-order chi connectivity index (χ1) is 12.1. The molecule has 0 radical (unpaired) electrons. The summed E-state index contributed by atoms with van der Waals surface area (Å²) in [5.41, 5.74) is 0.913. The molecule has 2 heterocycles. The van der Waals surface area contributed by atoms with E-state index in [2.05, 4.69) is 15.6 Å². The molecule has 1 aliphatic heterocycles. The van der Waals surface area contributed by atoms with Crippen LogP contribution in [0, 0.1) is 0 Å². The third-order valence-corrected chi connectivity index (χ3v) is 4.50. The highest BCUT2D eigenvalue weighted by molar-refractivity contribution is 5.83. The Morgan fingerprint density at radius 3 is 2.80 bits per heavy atom.